The molecular weight excluding hydrogens is 276 g/mol. The molecule has 2 rings (SSSR count). The van der Waals surface area contributed by atoms with Crippen molar-refractivity contribution in [2.45, 2.75) is 25.9 Å². The van der Waals surface area contributed by atoms with Crippen molar-refractivity contribution in [3.8, 4) is 5.88 Å². The summed E-state index contributed by atoms with van der Waals surface area (Å²) in [6.07, 6.45) is 4.08. The van der Waals surface area contributed by atoms with Gasteiger partial charge in [-0.05, 0) is 19.9 Å². The lowest BCUT2D eigenvalue weighted by atomic mass is 9.99. The van der Waals surface area contributed by atoms with Crippen molar-refractivity contribution in [1.29, 1.82) is 0 Å². The second kappa shape index (κ2) is 5.34. The highest BCUT2D eigenvalue weighted by atomic mass is 35.5. The molecule has 0 aromatic carbocycles. The van der Waals surface area contributed by atoms with Gasteiger partial charge in [-0.25, -0.2) is 4.98 Å². The Hall–Kier alpha value is -0.980. The smallest absolute Gasteiger partial charge is 0.276 e. The van der Waals surface area contributed by atoms with Gasteiger partial charge in [0.25, 0.3) is 5.88 Å². The van der Waals surface area contributed by atoms with Crippen LogP contribution in [0, 0.1) is 0 Å². The molecule has 2 heterocycles. The molecule has 0 radical (unpaired) electrons. The molecule has 0 bridgehead atoms. The average molecular weight is 289 g/mol. The molecule has 98 valence electrons. The zero-order valence-electron chi connectivity index (χ0n) is 10.3. The molecule has 0 N–H and O–H groups in total. The van der Waals surface area contributed by atoms with Crippen LogP contribution in [0.25, 0.3) is 0 Å². The predicted molar refractivity (Wildman–Crippen MR) is 70.8 cm³/mol. The van der Waals surface area contributed by atoms with E-state index in [1.807, 2.05) is 13.8 Å². The summed E-state index contributed by atoms with van der Waals surface area (Å²) in [6.45, 7) is 3.95. The van der Waals surface area contributed by atoms with E-state index < -0.39 is 0 Å². The van der Waals surface area contributed by atoms with Gasteiger partial charge in [0.1, 0.15) is 10.6 Å². The van der Waals surface area contributed by atoms with Crippen molar-refractivity contribution in [3.05, 3.63) is 22.8 Å². The van der Waals surface area contributed by atoms with Gasteiger partial charge in [-0.3, -0.25) is 0 Å². The van der Waals surface area contributed by atoms with Crippen LogP contribution in [-0.2, 0) is 9.17 Å². The van der Waals surface area contributed by atoms with Gasteiger partial charge >= 0.3 is 0 Å². The fourth-order valence-corrected chi connectivity index (χ4v) is 1.84. The van der Waals surface area contributed by atoms with Crippen LogP contribution in [0.4, 0.5) is 0 Å². The Morgan fingerprint density at radius 2 is 2.28 bits per heavy atom. The molecule has 1 aromatic rings. The first-order chi connectivity index (χ1) is 8.52. The van der Waals surface area contributed by atoms with Crippen molar-refractivity contribution in [2.75, 3.05) is 6.26 Å². The summed E-state index contributed by atoms with van der Waals surface area (Å²) < 4.78 is 4.71. The Kier molecular flexibility index (Phi) is 3.99. The summed E-state index contributed by atoms with van der Waals surface area (Å²) in [5.41, 5.74) is 1.37. The molecule has 18 heavy (non-hydrogen) atoms. The largest absolute Gasteiger partial charge is 0.389 e. The fourth-order valence-electron chi connectivity index (χ4n) is 1.51. The van der Waals surface area contributed by atoms with E-state index >= 15 is 0 Å². The highest BCUT2D eigenvalue weighted by Crippen LogP contribution is 2.29. The van der Waals surface area contributed by atoms with E-state index in [9.17, 15) is 0 Å². The first-order valence-corrected chi connectivity index (χ1v) is 6.83. The Balaban J connectivity index is 2.14. The fraction of sp³-hybridized carbons (Fsp3) is 0.455. The van der Waals surface area contributed by atoms with Crippen LogP contribution in [0.1, 0.15) is 25.8 Å². The van der Waals surface area contributed by atoms with E-state index in [0.29, 0.717) is 11.4 Å². The molecule has 1 aliphatic heterocycles. The molecule has 0 atom stereocenters. The van der Waals surface area contributed by atoms with E-state index in [1.165, 1.54) is 0 Å². The normalized spacial score (nSPS) is 17.2. The highest BCUT2D eigenvalue weighted by molar-refractivity contribution is 7.93. The Morgan fingerprint density at radius 1 is 1.50 bits per heavy atom. The Morgan fingerprint density at radius 3 is 2.83 bits per heavy atom. The lowest BCUT2D eigenvalue weighted by Gasteiger charge is -2.13. The minimum atomic E-state index is -0.279. The zero-order valence-corrected chi connectivity index (χ0v) is 11.8. The number of rotatable bonds is 4. The quantitative estimate of drug-likeness (QED) is 0.484. The third kappa shape index (κ3) is 3.07. The van der Waals surface area contributed by atoms with E-state index in [-0.39, 0.29) is 11.5 Å². The van der Waals surface area contributed by atoms with Crippen molar-refractivity contribution < 1.29 is 14.1 Å². The van der Waals surface area contributed by atoms with E-state index in [0.717, 1.165) is 23.3 Å². The number of oxime groups is 1. The van der Waals surface area contributed by atoms with Crippen molar-refractivity contribution >= 4 is 29.4 Å². The third-order valence-electron chi connectivity index (χ3n) is 2.32. The molecule has 0 saturated heterocycles. The van der Waals surface area contributed by atoms with Crippen molar-refractivity contribution in [1.82, 2.24) is 4.98 Å². The van der Waals surface area contributed by atoms with Gasteiger partial charge in [-0.2, -0.15) is 0 Å². The summed E-state index contributed by atoms with van der Waals surface area (Å²) in [6, 6.07) is 1.73. The molecule has 0 unspecified atom stereocenters. The molecule has 7 heteroatoms. The number of nitrogens with zero attached hydrogens (tertiary/aromatic N) is 2. The molecule has 1 aliphatic rings. The number of hydrogen-bond acceptors (Lipinski definition) is 6. The van der Waals surface area contributed by atoms with Crippen LogP contribution in [0.15, 0.2) is 17.4 Å². The van der Waals surface area contributed by atoms with Crippen molar-refractivity contribution in [3.63, 3.8) is 0 Å². The van der Waals surface area contributed by atoms with Gasteiger partial charge in [0.15, 0.2) is 0 Å². The topological polar surface area (TPSA) is 52.9 Å². The summed E-state index contributed by atoms with van der Waals surface area (Å²) >= 11 is 7.11. The number of aromatic nitrogens is 1. The van der Waals surface area contributed by atoms with Crippen LogP contribution in [0.3, 0.4) is 0 Å². The van der Waals surface area contributed by atoms with Crippen molar-refractivity contribution in [2.24, 2.45) is 5.16 Å². The van der Waals surface area contributed by atoms with E-state index in [1.54, 1.807) is 18.5 Å². The maximum atomic E-state index is 6.04. The summed E-state index contributed by atoms with van der Waals surface area (Å²) in [5, 5.41) is 4.40. The molecule has 0 spiro atoms. The molecule has 0 fully saturated rings. The maximum absolute atomic E-state index is 6.04. The van der Waals surface area contributed by atoms with Gasteiger partial charge in [-0.15, -0.1) is 4.33 Å². The lowest BCUT2D eigenvalue weighted by molar-refractivity contribution is -0.0816. The van der Waals surface area contributed by atoms with Gasteiger partial charge in [-0.1, -0.05) is 16.8 Å². The van der Waals surface area contributed by atoms with Crippen LogP contribution >= 0.6 is 23.6 Å². The van der Waals surface area contributed by atoms with Gasteiger partial charge < -0.3 is 9.73 Å². The van der Waals surface area contributed by atoms with Crippen LogP contribution in [-0.4, -0.2) is 22.6 Å². The molecule has 5 nitrogen and oxygen atoms in total. The molecule has 0 amide bonds. The number of hydrogen-bond donors (Lipinski definition) is 0. The van der Waals surface area contributed by atoms with Gasteiger partial charge in [0, 0.05) is 36.5 Å². The third-order valence-corrected chi connectivity index (χ3v) is 2.79. The highest BCUT2D eigenvalue weighted by Gasteiger charge is 2.30. The Labute approximate surface area is 115 Å². The SMILES string of the molecule is CSOOc1ncc(C2=NOC(C)(C)C2)cc1Cl. The van der Waals surface area contributed by atoms with Crippen LogP contribution in [0.5, 0.6) is 5.88 Å². The minimum Gasteiger partial charge on any atom is -0.389 e. The molecule has 1 aromatic heterocycles. The first-order valence-electron chi connectivity index (χ1n) is 5.30. The monoisotopic (exact) mass is 288 g/mol. The van der Waals surface area contributed by atoms with Gasteiger partial charge in [0.2, 0.25) is 0 Å². The zero-order chi connectivity index (χ0) is 13.2. The lowest BCUT2D eigenvalue weighted by Crippen LogP contribution is -2.19. The number of halogens is 1. The van der Waals surface area contributed by atoms with Gasteiger partial charge in [0.05, 0.1) is 5.71 Å². The first kappa shape index (κ1) is 13.5. The second-order valence-electron chi connectivity index (χ2n) is 4.39. The second-order valence-corrected chi connectivity index (χ2v) is 5.27. The number of pyridine rings is 1. The predicted octanol–water partition coefficient (Wildman–Crippen LogP) is 3.23. The molecule has 0 saturated carbocycles. The maximum Gasteiger partial charge on any atom is 0.276 e. The molecule has 0 aliphatic carbocycles. The Bertz CT molecular complexity index is 479. The molecular formula is C11H13ClN2O3S. The summed E-state index contributed by atoms with van der Waals surface area (Å²) in [4.78, 5) is 14.3. The van der Waals surface area contributed by atoms with Crippen LogP contribution in [0.2, 0.25) is 5.02 Å². The average Bonchev–Trinajstić information content (AvgIpc) is 2.68. The standard InChI is InChI=1S/C11H13ClN2O3S/c1-11(2)5-9(14-16-11)7-4-8(12)10(13-6-7)15-17-18-3/h4,6H,5H2,1-3H3. The van der Waals surface area contributed by atoms with E-state index in [4.69, 9.17) is 25.7 Å². The minimum absolute atomic E-state index is 0.230. The van der Waals surface area contributed by atoms with Crippen LogP contribution < -0.4 is 4.89 Å². The van der Waals surface area contributed by atoms with E-state index in [2.05, 4.69) is 10.1 Å². The summed E-state index contributed by atoms with van der Waals surface area (Å²) in [7, 11) is 0. The summed E-state index contributed by atoms with van der Waals surface area (Å²) in [5.74, 6) is 0.230.